The van der Waals surface area contributed by atoms with Crippen molar-refractivity contribution >= 4 is 16.0 Å². The molecule has 0 unspecified atom stereocenters. The number of hydrogen-bond donors (Lipinski definition) is 0. The number of carbonyl (C=O) groups is 1. The summed E-state index contributed by atoms with van der Waals surface area (Å²) >= 11 is 0. The fraction of sp³-hybridized carbons (Fsp3) is 0.700. The van der Waals surface area contributed by atoms with Crippen molar-refractivity contribution in [3.05, 3.63) is 24.5 Å². The maximum absolute atomic E-state index is 12.8. The Bertz CT molecular complexity index is 768. The molecule has 156 valence electrons. The van der Waals surface area contributed by atoms with Gasteiger partial charge < -0.3 is 4.74 Å². The number of pyridine rings is 1. The highest BCUT2D eigenvalue weighted by molar-refractivity contribution is 7.89. The van der Waals surface area contributed by atoms with Crippen LogP contribution in [-0.2, 0) is 19.6 Å². The lowest BCUT2D eigenvalue weighted by Crippen LogP contribution is -2.55. The Hall–Kier alpha value is -1.51. The first-order valence-corrected chi connectivity index (χ1v) is 11.5. The standard InChI is InChI=1S/C20H31N3O4S/c1-20(2,3)27-19(24)17-8-4-5-9-18(17)22-11-13-23(14-12-22)28(25,26)16-7-6-10-21-15-16/h6-7,10,15,17-18H,4-5,8-9,11-14H2,1-3H3/t17-,18-/m1/s1. The van der Waals surface area contributed by atoms with Gasteiger partial charge in [0.2, 0.25) is 10.0 Å². The minimum Gasteiger partial charge on any atom is -0.460 e. The van der Waals surface area contributed by atoms with E-state index in [1.165, 1.54) is 10.5 Å². The maximum Gasteiger partial charge on any atom is 0.311 e. The molecule has 2 aliphatic rings. The molecule has 3 rings (SSSR count). The fourth-order valence-corrected chi connectivity index (χ4v) is 5.51. The van der Waals surface area contributed by atoms with Gasteiger partial charge in [-0.05, 0) is 45.7 Å². The molecule has 1 aliphatic heterocycles. The first-order chi connectivity index (χ1) is 13.2. The number of esters is 1. The molecule has 1 aromatic rings. The average molecular weight is 410 g/mol. The molecule has 1 aromatic heterocycles. The van der Waals surface area contributed by atoms with E-state index in [9.17, 15) is 13.2 Å². The molecule has 2 heterocycles. The van der Waals surface area contributed by atoms with E-state index >= 15 is 0 Å². The molecule has 0 amide bonds. The molecular formula is C20H31N3O4S. The molecular weight excluding hydrogens is 378 g/mol. The van der Waals surface area contributed by atoms with Gasteiger partial charge in [-0.1, -0.05) is 12.8 Å². The molecule has 0 N–H and O–H groups in total. The number of piperazine rings is 1. The number of ether oxygens (including phenoxy) is 1. The van der Waals surface area contributed by atoms with Crippen molar-refractivity contribution in [3.8, 4) is 0 Å². The second-order valence-electron chi connectivity index (χ2n) is 8.62. The molecule has 1 saturated carbocycles. The molecule has 0 spiro atoms. The lowest BCUT2D eigenvalue weighted by Gasteiger charge is -2.43. The number of nitrogens with zero attached hydrogens (tertiary/aromatic N) is 3. The molecule has 1 aliphatic carbocycles. The summed E-state index contributed by atoms with van der Waals surface area (Å²) in [4.78, 5) is 19.1. The van der Waals surface area contributed by atoms with Crippen molar-refractivity contribution in [2.75, 3.05) is 26.2 Å². The zero-order valence-electron chi connectivity index (χ0n) is 17.0. The van der Waals surface area contributed by atoms with E-state index in [1.54, 1.807) is 18.3 Å². The van der Waals surface area contributed by atoms with Crippen molar-refractivity contribution in [1.29, 1.82) is 0 Å². The Morgan fingerprint density at radius 1 is 1.14 bits per heavy atom. The summed E-state index contributed by atoms with van der Waals surface area (Å²) in [5.74, 6) is -0.253. The molecule has 0 radical (unpaired) electrons. The first-order valence-electron chi connectivity index (χ1n) is 10.1. The van der Waals surface area contributed by atoms with Crippen molar-refractivity contribution in [2.24, 2.45) is 5.92 Å². The molecule has 1 saturated heterocycles. The van der Waals surface area contributed by atoms with Gasteiger partial charge in [-0.3, -0.25) is 14.7 Å². The summed E-state index contributed by atoms with van der Waals surface area (Å²) in [5.41, 5.74) is -0.491. The van der Waals surface area contributed by atoms with Crippen LogP contribution in [0.25, 0.3) is 0 Å². The summed E-state index contributed by atoms with van der Waals surface area (Å²) in [7, 11) is -3.52. The predicted octanol–water partition coefficient (Wildman–Crippen LogP) is 2.29. The van der Waals surface area contributed by atoms with Crippen LogP contribution in [0.3, 0.4) is 0 Å². The van der Waals surface area contributed by atoms with Gasteiger partial charge in [0.05, 0.1) is 5.92 Å². The lowest BCUT2D eigenvalue weighted by molar-refractivity contribution is -0.164. The monoisotopic (exact) mass is 409 g/mol. The zero-order chi connectivity index (χ0) is 20.4. The summed E-state index contributed by atoms with van der Waals surface area (Å²) in [5, 5.41) is 0. The third-order valence-electron chi connectivity index (χ3n) is 5.45. The maximum atomic E-state index is 12.8. The summed E-state index contributed by atoms with van der Waals surface area (Å²) < 4.78 is 32.8. The third-order valence-corrected chi connectivity index (χ3v) is 7.34. The number of sulfonamides is 1. The largest absolute Gasteiger partial charge is 0.460 e. The van der Waals surface area contributed by atoms with E-state index in [0.717, 1.165) is 25.7 Å². The summed E-state index contributed by atoms with van der Waals surface area (Å²) in [6, 6.07) is 3.34. The van der Waals surface area contributed by atoms with Crippen molar-refractivity contribution < 1.29 is 17.9 Å². The molecule has 7 nitrogen and oxygen atoms in total. The highest BCUT2D eigenvalue weighted by Crippen LogP contribution is 2.32. The van der Waals surface area contributed by atoms with Gasteiger partial charge in [-0.15, -0.1) is 0 Å². The van der Waals surface area contributed by atoms with Crippen molar-refractivity contribution in [3.63, 3.8) is 0 Å². The van der Waals surface area contributed by atoms with E-state index in [-0.39, 0.29) is 22.8 Å². The van der Waals surface area contributed by atoms with Gasteiger partial charge >= 0.3 is 5.97 Å². The van der Waals surface area contributed by atoms with Crippen LogP contribution in [-0.4, -0.2) is 66.4 Å². The van der Waals surface area contributed by atoms with Gasteiger partial charge in [0, 0.05) is 44.6 Å². The van der Waals surface area contributed by atoms with E-state index in [0.29, 0.717) is 26.2 Å². The third kappa shape index (κ3) is 4.90. The normalized spacial score (nSPS) is 25.4. The molecule has 2 fully saturated rings. The number of aromatic nitrogens is 1. The van der Waals surface area contributed by atoms with Crippen LogP contribution in [0, 0.1) is 5.92 Å². The van der Waals surface area contributed by atoms with Crippen molar-refractivity contribution in [2.45, 2.75) is 63.0 Å². The zero-order valence-corrected chi connectivity index (χ0v) is 17.8. The van der Waals surface area contributed by atoms with Crippen molar-refractivity contribution in [1.82, 2.24) is 14.2 Å². The average Bonchev–Trinajstić information content (AvgIpc) is 2.67. The molecule has 0 bridgehead atoms. The second-order valence-corrected chi connectivity index (χ2v) is 10.6. The Labute approximate surface area is 168 Å². The van der Waals surface area contributed by atoms with Gasteiger partial charge in [-0.25, -0.2) is 8.42 Å². The Morgan fingerprint density at radius 2 is 1.82 bits per heavy atom. The molecule has 2 atom stereocenters. The van der Waals surface area contributed by atoms with E-state index in [4.69, 9.17) is 4.74 Å². The van der Waals surface area contributed by atoms with Gasteiger partial charge in [0.1, 0.15) is 10.5 Å². The van der Waals surface area contributed by atoms with Gasteiger partial charge in [0.15, 0.2) is 0 Å². The highest BCUT2D eigenvalue weighted by Gasteiger charge is 2.39. The second kappa shape index (κ2) is 8.47. The molecule has 8 heteroatoms. The SMILES string of the molecule is CC(C)(C)OC(=O)[C@@H]1CCCC[C@H]1N1CCN(S(=O)(=O)c2cccnc2)CC1. The van der Waals surface area contributed by atoms with Crippen LogP contribution >= 0.6 is 0 Å². The minimum atomic E-state index is -3.52. The van der Waals surface area contributed by atoms with E-state index < -0.39 is 15.6 Å². The van der Waals surface area contributed by atoms with Gasteiger partial charge in [0.25, 0.3) is 0 Å². The van der Waals surface area contributed by atoms with E-state index in [1.807, 2.05) is 20.8 Å². The predicted molar refractivity (Wildman–Crippen MR) is 106 cm³/mol. The van der Waals surface area contributed by atoms with Crippen LogP contribution in [0.1, 0.15) is 46.5 Å². The number of hydrogen-bond acceptors (Lipinski definition) is 6. The van der Waals surface area contributed by atoms with Crippen LogP contribution < -0.4 is 0 Å². The number of rotatable bonds is 4. The Kier molecular flexibility index (Phi) is 6.41. The van der Waals surface area contributed by atoms with Crippen LogP contribution in [0.2, 0.25) is 0 Å². The smallest absolute Gasteiger partial charge is 0.311 e. The Balaban J connectivity index is 1.65. The fourth-order valence-electron chi connectivity index (χ4n) is 4.13. The summed E-state index contributed by atoms with van der Waals surface area (Å²) in [6.45, 7) is 7.79. The Morgan fingerprint density at radius 3 is 2.43 bits per heavy atom. The minimum absolute atomic E-state index is 0.123. The van der Waals surface area contributed by atoms with Crippen LogP contribution in [0.5, 0.6) is 0 Å². The lowest BCUT2D eigenvalue weighted by atomic mass is 9.83. The van der Waals surface area contributed by atoms with E-state index in [2.05, 4.69) is 9.88 Å². The molecule has 0 aromatic carbocycles. The van der Waals surface area contributed by atoms with Crippen LogP contribution in [0.15, 0.2) is 29.4 Å². The highest BCUT2D eigenvalue weighted by atomic mass is 32.2. The molecule has 28 heavy (non-hydrogen) atoms. The van der Waals surface area contributed by atoms with Gasteiger partial charge in [-0.2, -0.15) is 4.31 Å². The summed E-state index contributed by atoms with van der Waals surface area (Å²) in [6.07, 6.45) is 6.89. The topological polar surface area (TPSA) is 79.8 Å². The quantitative estimate of drug-likeness (QED) is 0.710. The first kappa shape index (κ1) is 21.2. The number of carbonyl (C=O) groups excluding carboxylic acids is 1. The van der Waals surface area contributed by atoms with Crippen LogP contribution in [0.4, 0.5) is 0 Å².